The molecule has 2 aromatic carbocycles. The molecule has 4 heterocycles. The molecule has 3 atom stereocenters. The highest BCUT2D eigenvalue weighted by Gasteiger charge is 2.45. The number of anilines is 1. The first kappa shape index (κ1) is 40.2. The topological polar surface area (TPSA) is 113 Å². The number of hydrogen-bond donors (Lipinski definition) is 1. The third kappa shape index (κ3) is 8.23. The number of amides is 2. The molecule has 1 N–H and O–H groups in total. The molecule has 0 aromatic heterocycles. The Hall–Kier alpha value is -4.51. The van der Waals surface area contributed by atoms with Gasteiger partial charge >= 0.3 is 0 Å². The summed E-state index contributed by atoms with van der Waals surface area (Å²) in [4.78, 5) is 37.6. The summed E-state index contributed by atoms with van der Waals surface area (Å²) in [6.07, 6.45) is 6.54. The van der Waals surface area contributed by atoms with E-state index in [2.05, 4.69) is 59.7 Å². The summed E-state index contributed by atoms with van der Waals surface area (Å²) in [5.41, 5.74) is 4.04. The Morgan fingerprint density at radius 1 is 0.800 bits per heavy atom. The van der Waals surface area contributed by atoms with Gasteiger partial charge in [0, 0.05) is 37.5 Å². The second-order valence-electron chi connectivity index (χ2n) is 17.2. The van der Waals surface area contributed by atoms with Gasteiger partial charge in [0.05, 0.1) is 62.0 Å². The summed E-state index contributed by atoms with van der Waals surface area (Å²) in [6, 6.07) is 6.82. The number of fused-ring (bicyclic) bond motifs is 4. The zero-order valence-electron chi connectivity index (χ0n) is 34.1. The van der Waals surface area contributed by atoms with Crippen molar-refractivity contribution in [2.75, 3.05) is 45.4 Å². The molecule has 2 amide bonds. The molecule has 2 aromatic rings. The molecule has 0 spiro atoms. The monoisotopic (exact) mass is 756 g/mol. The lowest BCUT2D eigenvalue weighted by Crippen LogP contribution is -2.52. The van der Waals surface area contributed by atoms with Gasteiger partial charge < -0.3 is 38.8 Å². The van der Waals surface area contributed by atoms with Crippen LogP contribution in [0, 0.1) is 10.8 Å². The van der Waals surface area contributed by atoms with Crippen molar-refractivity contribution < 1.29 is 33.6 Å². The van der Waals surface area contributed by atoms with Crippen LogP contribution in [-0.4, -0.2) is 97.8 Å². The third-order valence-corrected chi connectivity index (χ3v) is 11.9. The molecular formula is C44H60N4O7. The van der Waals surface area contributed by atoms with E-state index >= 15 is 0 Å². The number of rotatable bonds is 15. The van der Waals surface area contributed by atoms with Crippen molar-refractivity contribution in [3.8, 4) is 23.0 Å². The molecule has 1 unspecified atom stereocenters. The van der Waals surface area contributed by atoms with Gasteiger partial charge in [0.15, 0.2) is 23.0 Å². The number of aliphatic hydroxyl groups excluding tert-OH is 1. The van der Waals surface area contributed by atoms with Crippen LogP contribution in [-0.2, 0) is 0 Å². The van der Waals surface area contributed by atoms with Crippen molar-refractivity contribution in [1.82, 2.24) is 9.80 Å². The number of hydrogen-bond acceptors (Lipinski definition) is 9. The van der Waals surface area contributed by atoms with Gasteiger partial charge in [-0.15, -0.1) is 0 Å². The first-order valence-corrected chi connectivity index (χ1v) is 19.8. The summed E-state index contributed by atoms with van der Waals surface area (Å²) >= 11 is 0. The molecule has 298 valence electrons. The van der Waals surface area contributed by atoms with Crippen molar-refractivity contribution in [1.29, 1.82) is 0 Å². The number of carbonyl (C=O) groups excluding carboxylic acids is 2. The highest BCUT2D eigenvalue weighted by molar-refractivity contribution is 6.04. The van der Waals surface area contributed by atoms with Crippen molar-refractivity contribution in [2.24, 2.45) is 15.8 Å². The van der Waals surface area contributed by atoms with Crippen molar-refractivity contribution in [3.05, 3.63) is 59.7 Å². The first-order chi connectivity index (χ1) is 26.1. The second kappa shape index (κ2) is 15.9. The van der Waals surface area contributed by atoms with Crippen LogP contribution in [0.3, 0.4) is 0 Å². The highest BCUT2D eigenvalue weighted by Crippen LogP contribution is 2.44. The fraction of sp³-hybridized carbons (Fsp3) is 0.568. The summed E-state index contributed by atoms with van der Waals surface area (Å²) < 4.78 is 24.3. The summed E-state index contributed by atoms with van der Waals surface area (Å²) in [5.74, 6) is 1.93. The number of ether oxygens (including phenoxy) is 4. The fourth-order valence-corrected chi connectivity index (χ4v) is 8.29. The zero-order chi connectivity index (χ0) is 39.8. The molecule has 11 nitrogen and oxygen atoms in total. The van der Waals surface area contributed by atoms with Crippen molar-refractivity contribution in [3.63, 3.8) is 0 Å². The SMILES string of the molecule is C=C1CC2C=Nc3cc(OCC(C)(C)CCC(C)(C)CCOc4cc5c(cc4OC)C(=O)N4CC(=C)C[C@H]4[C@H](O)N5C(CC)CC)c(OC)cc3C(=O)N2C1. The molecule has 0 radical (unpaired) electrons. The van der Waals surface area contributed by atoms with E-state index in [-0.39, 0.29) is 40.8 Å². The lowest BCUT2D eigenvalue weighted by atomic mass is 9.78. The number of nitrogens with zero attached hydrogens (tertiary/aromatic N) is 4. The van der Waals surface area contributed by atoms with E-state index in [0.29, 0.717) is 78.2 Å². The average Bonchev–Trinajstić information content (AvgIpc) is 3.69. The quantitative estimate of drug-likeness (QED) is 0.182. The van der Waals surface area contributed by atoms with Crippen molar-refractivity contribution >= 4 is 29.4 Å². The normalized spacial score (nSPS) is 21.0. The summed E-state index contributed by atoms with van der Waals surface area (Å²) in [6.45, 7) is 23.2. The fourth-order valence-electron chi connectivity index (χ4n) is 8.29. The van der Waals surface area contributed by atoms with Crippen LogP contribution >= 0.6 is 0 Å². The zero-order valence-corrected chi connectivity index (χ0v) is 34.1. The molecule has 11 heteroatoms. The van der Waals surface area contributed by atoms with Crippen LogP contribution in [0.1, 0.15) is 107 Å². The van der Waals surface area contributed by atoms with E-state index < -0.39 is 6.23 Å². The maximum atomic E-state index is 13.9. The number of benzene rings is 2. The predicted molar refractivity (Wildman–Crippen MR) is 217 cm³/mol. The minimum Gasteiger partial charge on any atom is -0.493 e. The van der Waals surface area contributed by atoms with Crippen LogP contribution in [0.5, 0.6) is 23.0 Å². The molecule has 55 heavy (non-hydrogen) atoms. The Kier molecular flexibility index (Phi) is 11.6. The smallest absolute Gasteiger partial charge is 0.257 e. The lowest BCUT2D eigenvalue weighted by molar-refractivity contribution is 0.0486. The highest BCUT2D eigenvalue weighted by atomic mass is 16.5. The Labute approximate surface area is 327 Å². The van der Waals surface area contributed by atoms with E-state index in [1.54, 1.807) is 31.3 Å². The maximum absolute atomic E-state index is 13.9. The molecule has 2 fully saturated rings. The van der Waals surface area contributed by atoms with Crippen LogP contribution < -0.4 is 23.8 Å². The van der Waals surface area contributed by atoms with E-state index in [1.807, 2.05) is 28.1 Å². The minimum atomic E-state index is -0.864. The number of aliphatic imine (C=N–C) groups is 1. The Bertz CT molecular complexity index is 1850. The van der Waals surface area contributed by atoms with E-state index in [0.717, 1.165) is 49.7 Å². The molecule has 0 aliphatic carbocycles. The second-order valence-corrected chi connectivity index (χ2v) is 17.2. The Morgan fingerprint density at radius 2 is 1.40 bits per heavy atom. The molecule has 0 saturated carbocycles. The molecule has 6 rings (SSSR count). The molecule has 4 aliphatic heterocycles. The van der Waals surface area contributed by atoms with Gasteiger partial charge in [-0.25, -0.2) is 0 Å². The predicted octanol–water partition coefficient (Wildman–Crippen LogP) is 7.97. The van der Waals surface area contributed by atoms with Crippen LogP contribution in [0.25, 0.3) is 0 Å². The average molecular weight is 757 g/mol. The number of aliphatic hydroxyl groups is 1. The standard InChI is InChI=1S/C44H60N4O7/c1-11-29(12-2)48-34-22-39(37(53-10)20-32(34)41(50)47-25-28(4)18-35(47)42(48)51)54-16-15-43(5,6)13-14-44(7,8)26-55-38-21-33-31(19-36(38)52-9)40(49)46-24-27(3)17-30(46)23-45-33/h19-23,29-30,35,42,51H,3-4,11-18,24-26H2,1-2,5-10H3/t30?,35-,42-/m0/s1. The molecule has 2 saturated heterocycles. The minimum absolute atomic E-state index is 0.0394. The lowest BCUT2D eigenvalue weighted by Gasteiger charge is -2.39. The van der Waals surface area contributed by atoms with Gasteiger partial charge in [0.2, 0.25) is 0 Å². The van der Waals surface area contributed by atoms with E-state index in [9.17, 15) is 14.7 Å². The number of carbonyl (C=O) groups is 2. The van der Waals surface area contributed by atoms with Gasteiger partial charge in [0.25, 0.3) is 11.8 Å². The molecule has 4 aliphatic rings. The van der Waals surface area contributed by atoms with E-state index in [4.69, 9.17) is 18.9 Å². The summed E-state index contributed by atoms with van der Waals surface area (Å²) in [5, 5.41) is 11.8. The van der Waals surface area contributed by atoms with E-state index in [1.165, 1.54) is 0 Å². The summed E-state index contributed by atoms with van der Waals surface area (Å²) in [7, 11) is 3.18. The maximum Gasteiger partial charge on any atom is 0.257 e. The van der Waals surface area contributed by atoms with Crippen LogP contribution in [0.15, 0.2) is 53.6 Å². The van der Waals surface area contributed by atoms with Crippen molar-refractivity contribution in [2.45, 2.75) is 111 Å². The first-order valence-electron chi connectivity index (χ1n) is 19.8. The van der Waals surface area contributed by atoms with Gasteiger partial charge in [-0.3, -0.25) is 14.6 Å². The Balaban J connectivity index is 1.10. The number of methoxy groups -OCH3 is 2. The van der Waals surface area contributed by atoms with Gasteiger partial charge in [-0.05, 0) is 67.9 Å². The van der Waals surface area contributed by atoms with Crippen LogP contribution in [0.2, 0.25) is 0 Å². The largest absolute Gasteiger partial charge is 0.493 e. The van der Waals surface area contributed by atoms with Gasteiger partial charge in [-0.1, -0.05) is 65.8 Å². The third-order valence-electron chi connectivity index (χ3n) is 11.9. The van der Waals surface area contributed by atoms with Crippen LogP contribution in [0.4, 0.5) is 11.4 Å². The molecular weight excluding hydrogens is 697 g/mol. The molecule has 0 bridgehead atoms. The van der Waals surface area contributed by atoms with Gasteiger partial charge in [0.1, 0.15) is 6.23 Å². The van der Waals surface area contributed by atoms with Gasteiger partial charge in [-0.2, -0.15) is 0 Å². The Morgan fingerprint density at radius 3 is 2.07 bits per heavy atom.